The lowest BCUT2D eigenvalue weighted by Gasteiger charge is -2.36. The van der Waals surface area contributed by atoms with Crippen molar-refractivity contribution >= 4 is 0 Å². The van der Waals surface area contributed by atoms with Crippen LogP contribution in [0.1, 0.15) is 63.0 Å². The molecule has 1 fully saturated rings. The fraction of sp³-hybridized carbons (Fsp3) is 0.700. The Labute approximate surface area is 138 Å². The smallest absolute Gasteiger partial charge is 0.200 e. The number of fused-ring (bicyclic) bond motifs is 1. The molecule has 0 saturated heterocycles. The van der Waals surface area contributed by atoms with Gasteiger partial charge in [-0.15, -0.1) is 0 Å². The Hall–Kier alpha value is -1.12. The first-order valence-corrected chi connectivity index (χ1v) is 9.17. The van der Waals surface area contributed by atoms with Crippen molar-refractivity contribution < 1.29 is 13.5 Å². The van der Waals surface area contributed by atoms with Crippen molar-refractivity contribution in [1.29, 1.82) is 0 Å². The van der Waals surface area contributed by atoms with Gasteiger partial charge in [0.25, 0.3) is 0 Å². The molecule has 1 atom stereocenters. The minimum atomic E-state index is -0.821. The van der Waals surface area contributed by atoms with Gasteiger partial charge < -0.3 is 4.74 Å². The third-order valence-electron chi connectivity index (χ3n) is 6.09. The zero-order chi connectivity index (χ0) is 16.4. The molecule has 1 nitrogen and oxygen atoms in total. The minimum Gasteiger partial charge on any atom is -0.494 e. The molecule has 0 radical (unpaired) electrons. The Morgan fingerprint density at radius 1 is 1.04 bits per heavy atom. The Kier molecular flexibility index (Phi) is 5.23. The summed E-state index contributed by atoms with van der Waals surface area (Å²) in [5.41, 5.74) is 1.55. The zero-order valence-electron chi connectivity index (χ0n) is 14.3. The van der Waals surface area contributed by atoms with Gasteiger partial charge in [-0.1, -0.05) is 32.6 Å². The van der Waals surface area contributed by atoms with E-state index in [1.54, 1.807) is 6.07 Å². The first-order valence-electron chi connectivity index (χ1n) is 9.17. The molecule has 2 aliphatic rings. The van der Waals surface area contributed by atoms with E-state index in [9.17, 15) is 8.78 Å². The number of hydrogen-bond donors (Lipinski definition) is 0. The minimum absolute atomic E-state index is 0.0415. The lowest BCUT2D eigenvalue weighted by Crippen LogP contribution is -2.27. The van der Waals surface area contributed by atoms with Gasteiger partial charge in [-0.2, -0.15) is 4.39 Å². The molecule has 1 unspecified atom stereocenters. The summed E-state index contributed by atoms with van der Waals surface area (Å²) < 4.78 is 33.3. The second-order valence-corrected chi connectivity index (χ2v) is 7.42. The molecule has 0 aromatic heterocycles. The van der Waals surface area contributed by atoms with Crippen LogP contribution < -0.4 is 4.74 Å². The van der Waals surface area contributed by atoms with Crippen LogP contribution in [0, 0.1) is 29.4 Å². The van der Waals surface area contributed by atoms with Crippen LogP contribution in [0.15, 0.2) is 6.07 Å². The fourth-order valence-electron chi connectivity index (χ4n) is 4.75. The van der Waals surface area contributed by atoms with Crippen LogP contribution in [0.3, 0.4) is 0 Å². The summed E-state index contributed by atoms with van der Waals surface area (Å²) in [4.78, 5) is 0. The number of hydrogen-bond acceptors (Lipinski definition) is 1. The summed E-state index contributed by atoms with van der Waals surface area (Å²) in [5, 5.41) is 0. The number of methoxy groups -OCH3 is 1. The quantitative estimate of drug-likeness (QED) is 0.692. The molecule has 0 N–H and O–H groups in total. The average Bonchev–Trinajstić information content (AvgIpc) is 2.59. The molecule has 1 aromatic rings. The SMILES string of the molecule is CCCC1CCC(C2CCc3cc(OC)c(F)c(F)c3C2)CC1. The van der Waals surface area contributed by atoms with Gasteiger partial charge in [-0.25, -0.2) is 4.39 Å². The summed E-state index contributed by atoms with van der Waals surface area (Å²) >= 11 is 0. The van der Waals surface area contributed by atoms with E-state index in [2.05, 4.69) is 6.92 Å². The summed E-state index contributed by atoms with van der Waals surface area (Å²) in [5.74, 6) is 0.654. The van der Waals surface area contributed by atoms with E-state index in [-0.39, 0.29) is 5.75 Å². The summed E-state index contributed by atoms with van der Waals surface area (Å²) in [7, 11) is 1.39. The van der Waals surface area contributed by atoms with E-state index < -0.39 is 11.6 Å². The van der Waals surface area contributed by atoms with Gasteiger partial charge in [0.15, 0.2) is 11.6 Å². The van der Waals surface area contributed by atoms with Crippen molar-refractivity contribution in [3.8, 4) is 5.75 Å². The van der Waals surface area contributed by atoms with Crippen molar-refractivity contribution in [2.45, 2.75) is 64.7 Å². The Morgan fingerprint density at radius 3 is 2.43 bits per heavy atom. The normalized spacial score (nSPS) is 27.6. The largest absolute Gasteiger partial charge is 0.494 e. The van der Waals surface area contributed by atoms with Crippen molar-refractivity contribution in [3.63, 3.8) is 0 Å². The summed E-state index contributed by atoms with van der Waals surface area (Å²) in [6, 6.07) is 1.70. The van der Waals surface area contributed by atoms with E-state index in [1.807, 2.05) is 0 Å². The summed E-state index contributed by atoms with van der Waals surface area (Å²) in [6.45, 7) is 2.26. The van der Waals surface area contributed by atoms with Crippen LogP contribution in [0.5, 0.6) is 5.75 Å². The standard InChI is InChI=1S/C20H28F2O/c1-3-4-13-5-7-14(8-6-13)15-9-10-16-12-18(23-2)20(22)19(21)17(16)11-15/h12-15H,3-11H2,1-2H3. The molecule has 2 aliphatic carbocycles. The Balaban J connectivity index is 1.70. The summed E-state index contributed by atoms with van der Waals surface area (Å²) in [6.07, 6.45) is 10.5. The van der Waals surface area contributed by atoms with E-state index in [0.29, 0.717) is 23.8 Å². The van der Waals surface area contributed by atoms with Gasteiger partial charge in [0.05, 0.1) is 7.11 Å². The van der Waals surface area contributed by atoms with Crippen molar-refractivity contribution in [2.75, 3.05) is 7.11 Å². The molecule has 1 saturated carbocycles. The van der Waals surface area contributed by atoms with E-state index in [4.69, 9.17) is 4.74 Å². The maximum Gasteiger partial charge on any atom is 0.200 e. The van der Waals surface area contributed by atoms with E-state index in [1.165, 1.54) is 45.6 Å². The number of benzene rings is 1. The molecule has 0 amide bonds. The van der Waals surface area contributed by atoms with E-state index >= 15 is 0 Å². The molecule has 128 valence electrons. The highest BCUT2D eigenvalue weighted by Gasteiger charge is 2.32. The highest BCUT2D eigenvalue weighted by Crippen LogP contribution is 2.42. The molecular formula is C20H28F2O. The third kappa shape index (κ3) is 3.39. The predicted octanol–water partition coefficient (Wildman–Crippen LogP) is 5.68. The molecule has 3 heteroatoms. The van der Waals surface area contributed by atoms with Gasteiger partial charge >= 0.3 is 0 Å². The number of halogens is 2. The highest BCUT2D eigenvalue weighted by atomic mass is 19.2. The first-order chi connectivity index (χ1) is 11.1. The maximum absolute atomic E-state index is 14.4. The Morgan fingerprint density at radius 2 is 1.78 bits per heavy atom. The monoisotopic (exact) mass is 322 g/mol. The second kappa shape index (κ2) is 7.19. The van der Waals surface area contributed by atoms with Crippen molar-refractivity contribution in [3.05, 3.63) is 28.8 Å². The average molecular weight is 322 g/mol. The molecular weight excluding hydrogens is 294 g/mol. The molecule has 23 heavy (non-hydrogen) atoms. The first kappa shape index (κ1) is 16.7. The second-order valence-electron chi connectivity index (χ2n) is 7.42. The van der Waals surface area contributed by atoms with Crippen LogP contribution in [0.2, 0.25) is 0 Å². The van der Waals surface area contributed by atoms with Gasteiger partial charge in [0, 0.05) is 0 Å². The van der Waals surface area contributed by atoms with Crippen LogP contribution in [0.25, 0.3) is 0 Å². The van der Waals surface area contributed by atoms with E-state index in [0.717, 1.165) is 24.3 Å². The van der Waals surface area contributed by atoms with Crippen molar-refractivity contribution in [1.82, 2.24) is 0 Å². The third-order valence-corrected chi connectivity index (χ3v) is 6.09. The molecule has 0 spiro atoms. The zero-order valence-corrected chi connectivity index (χ0v) is 14.3. The maximum atomic E-state index is 14.4. The van der Waals surface area contributed by atoms with Crippen LogP contribution >= 0.6 is 0 Å². The van der Waals surface area contributed by atoms with Crippen LogP contribution in [0.4, 0.5) is 8.78 Å². The van der Waals surface area contributed by atoms with Crippen molar-refractivity contribution in [2.24, 2.45) is 17.8 Å². The predicted molar refractivity (Wildman–Crippen MR) is 88.8 cm³/mol. The Bertz CT molecular complexity index is 547. The van der Waals surface area contributed by atoms with Gasteiger partial charge in [0.1, 0.15) is 0 Å². The lowest BCUT2D eigenvalue weighted by atomic mass is 9.69. The molecule has 0 bridgehead atoms. The molecule has 1 aromatic carbocycles. The molecule has 3 rings (SSSR count). The molecule has 0 heterocycles. The number of rotatable bonds is 4. The van der Waals surface area contributed by atoms with Crippen LogP contribution in [-0.2, 0) is 12.8 Å². The molecule has 0 aliphatic heterocycles. The van der Waals surface area contributed by atoms with Gasteiger partial charge in [0.2, 0.25) is 5.82 Å². The number of aryl methyl sites for hydroxylation is 1. The highest BCUT2D eigenvalue weighted by molar-refractivity contribution is 5.40. The number of ether oxygens (including phenoxy) is 1. The topological polar surface area (TPSA) is 9.23 Å². The lowest BCUT2D eigenvalue weighted by molar-refractivity contribution is 0.182. The van der Waals surface area contributed by atoms with Gasteiger partial charge in [-0.3, -0.25) is 0 Å². The van der Waals surface area contributed by atoms with Crippen LogP contribution in [-0.4, -0.2) is 7.11 Å². The van der Waals surface area contributed by atoms with Gasteiger partial charge in [-0.05, 0) is 67.1 Å². The fourth-order valence-corrected chi connectivity index (χ4v) is 4.75.